The standard InChI is InChI=1S/C26H31N3O3/c1-18-7-8-21(15-19(18)2)25-16-23(28-32-25)26(30)27-17-24(29-13-5-4-6-14-29)20-9-11-22(31-3)12-10-20/h7-12,15-16,24H,4-6,13-14,17H2,1-3H3,(H,27,30)/t24-/m0/s1. The lowest BCUT2D eigenvalue weighted by atomic mass is 10.0. The normalized spacial score (nSPS) is 15.3. The summed E-state index contributed by atoms with van der Waals surface area (Å²) in [5.41, 5.74) is 4.78. The zero-order valence-electron chi connectivity index (χ0n) is 19.1. The second kappa shape index (κ2) is 10.0. The topological polar surface area (TPSA) is 67.6 Å². The van der Waals surface area contributed by atoms with Gasteiger partial charge in [-0.2, -0.15) is 0 Å². The van der Waals surface area contributed by atoms with E-state index in [2.05, 4.69) is 41.4 Å². The van der Waals surface area contributed by atoms with Crippen LogP contribution in [0.2, 0.25) is 0 Å². The molecule has 0 bridgehead atoms. The fourth-order valence-electron chi connectivity index (χ4n) is 4.21. The van der Waals surface area contributed by atoms with Gasteiger partial charge in [-0.3, -0.25) is 9.69 Å². The van der Waals surface area contributed by atoms with E-state index in [1.807, 2.05) is 30.3 Å². The Kier molecular flexibility index (Phi) is 6.90. The summed E-state index contributed by atoms with van der Waals surface area (Å²) >= 11 is 0. The Morgan fingerprint density at radius 1 is 1.06 bits per heavy atom. The Balaban J connectivity index is 1.47. The van der Waals surface area contributed by atoms with Crippen molar-refractivity contribution in [3.63, 3.8) is 0 Å². The first kappa shape index (κ1) is 22.1. The van der Waals surface area contributed by atoms with Crippen LogP contribution in [0.4, 0.5) is 0 Å². The van der Waals surface area contributed by atoms with Crippen LogP contribution >= 0.6 is 0 Å². The SMILES string of the molecule is COc1ccc([C@H](CNC(=O)c2cc(-c3ccc(C)c(C)c3)on2)N2CCCCC2)cc1. The molecule has 4 rings (SSSR count). The number of nitrogens with zero attached hydrogens (tertiary/aromatic N) is 2. The smallest absolute Gasteiger partial charge is 0.273 e. The number of aromatic nitrogens is 1. The monoisotopic (exact) mass is 433 g/mol. The number of amides is 1. The number of piperidine rings is 1. The van der Waals surface area contributed by atoms with Gasteiger partial charge in [0.05, 0.1) is 13.2 Å². The third kappa shape index (κ3) is 5.02. The molecule has 1 aromatic heterocycles. The molecule has 1 aliphatic heterocycles. The third-order valence-corrected chi connectivity index (χ3v) is 6.32. The molecule has 1 N–H and O–H groups in total. The van der Waals surface area contributed by atoms with Gasteiger partial charge in [-0.05, 0) is 74.7 Å². The Hall–Kier alpha value is -3.12. The van der Waals surface area contributed by atoms with Crippen LogP contribution < -0.4 is 10.1 Å². The molecule has 6 heteroatoms. The van der Waals surface area contributed by atoms with Gasteiger partial charge in [-0.1, -0.05) is 35.8 Å². The van der Waals surface area contributed by atoms with Gasteiger partial charge in [0.15, 0.2) is 11.5 Å². The van der Waals surface area contributed by atoms with Crippen molar-refractivity contribution in [1.82, 2.24) is 15.4 Å². The molecule has 2 heterocycles. The van der Waals surface area contributed by atoms with Crippen LogP contribution in [0, 0.1) is 13.8 Å². The van der Waals surface area contributed by atoms with Gasteiger partial charge in [-0.25, -0.2) is 0 Å². The summed E-state index contributed by atoms with van der Waals surface area (Å²) in [4.78, 5) is 15.3. The first-order chi connectivity index (χ1) is 15.5. The van der Waals surface area contributed by atoms with E-state index in [1.165, 1.54) is 36.0 Å². The highest BCUT2D eigenvalue weighted by molar-refractivity contribution is 5.93. The van der Waals surface area contributed by atoms with Crippen LogP contribution in [0.1, 0.15) is 52.5 Å². The van der Waals surface area contributed by atoms with E-state index >= 15 is 0 Å². The van der Waals surface area contributed by atoms with Crippen molar-refractivity contribution in [3.8, 4) is 17.1 Å². The molecule has 6 nitrogen and oxygen atoms in total. The minimum Gasteiger partial charge on any atom is -0.497 e. The summed E-state index contributed by atoms with van der Waals surface area (Å²) in [5.74, 6) is 1.21. The fourth-order valence-corrected chi connectivity index (χ4v) is 4.21. The second-order valence-electron chi connectivity index (χ2n) is 8.47. The molecular formula is C26H31N3O3. The Morgan fingerprint density at radius 3 is 2.50 bits per heavy atom. The van der Waals surface area contributed by atoms with Crippen LogP contribution in [0.15, 0.2) is 53.1 Å². The molecule has 0 spiro atoms. The van der Waals surface area contributed by atoms with E-state index in [1.54, 1.807) is 13.2 Å². The molecule has 32 heavy (non-hydrogen) atoms. The maximum Gasteiger partial charge on any atom is 0.273 e. The lowest BCUT2D eigenvalue weighted by molar-refractivity contribution is 0.0915. The van der Waals surface area contributed by atoms with Crippen molar-refractivity contribution < 1.29 is 14.1 Å². The lowest BCUT2D eigenvalue weighted by Crippen LogP contribution is -2.40. The highest BCUT2D eigenvalue weighted by atomic mass is 16.5. The van der Waals surface area contributed by atoms with Crippen LogP contribution in [-0.4, -0.2) is 42.7 Å². The summed E-state index contributed by atoms with van der Waals surface area (Å²) in [6.45, 7) is 6.71. The quantitative estimate of drug-likeness (QED) is 0.573. The number of hydrogen-bond donors (Lipinski definition) is 1. The van der Waals surface area contributed by atoms with Gasteiger partial charge in [0, 0.05) is 18.2 Å². The second-order valence-corrected chi connectivity index (χ2v) is 8.47. The van der Waals surface area contributed by atoms with Crippen molar-refractivity contribution in [2.45, 2.75) is 39.2 Å². The van der Waals surface area contributed by atoms with E-state index in [0.717, 1.165) is 24.4 Å². The first-order valence-corrected chi connectivity index (χ1v) is 11.3. The molecule has 1 fully saturated rings. The van der Waals surface area contributed by atoms with Crippen molar-refractivity contribution in [1.29, 1.82) is 0 Å². The molecule has 0 unspecified atom stereocenters. The number of hydrogen-bond acceptors (Lipinski definition) is 5. The molecule has 1 amide bonds. The van der Waals surface area contributed by atoms with Gasteiger partial charge in [0.1, 0.15) is 5.75 Å². The van der Waals surface area contributed by atoms with Gasteiger partial charge >= 0.3 is 0 Å². The van der Waals surface area contributed by atoms with Crippen molar-refractivity contribution in [3.05, 3.63) is 70.9 Å². The lowest BCUT2D eigenvalue weighted by Gasteiger charge is -2.35. The van der Waals surface area contributed by atoms with Gasteiger partial charge < -0.3 is 14.6 Å². The van der Waals surface area contributed by atoms with Crippen LogP contribution in [-0.2, 0) is 0 Å². The maximum atomic E-state index is 12.9. The predicted molar refractivity (Wildman–Crippen MR) is 125 cm³/mol. The van der Waals surface area contributed by atoms with E-state index in [0.29, 0.717) is 18.0 Å². The largest absolute Gasteiger partial charge is 0.497 e. The summed E-state index contributed by atoms with van der Waals surface area (Å²) in [7, 11) is 1.67. The number of carbonyl (C=O) groups is 1. The van der Waals surface area contributed by atoms with E-state index in [9.17, 15) is 4.79 Å². The van der Waals surface area contributed by atoms with E-state index < -0.39 is 0 Å². The molecule has 2 aromatic carbocycles. The first-order valence-electron chi connectivity index (χ1n) is 11.3. The fraction of sp³-hybridized carbons (Fsp3) is 0.385. The zero-order valence-corrected chi connectivity index (χ0v) is 19.1. The predicted octanol–water partition coefficient (Wildman–Crippen LogP) is 4.92. The van der Waals surface area contributed by atoms with Crippen LogP contribution in [0.3, 0.4) is 0 Å². The molecule has 0 aliphatic carbocycles. The molecule has 1 aliphatic rings. The average molecular weight is 434 g/mol. The Bertz CT molecular complexity index is 1050. The van der Waals surface area contributed by atoms with Crippen LogP contribution in [0.5, 0.6) is 5.75 Å². The average Bonchev–Trinajstić information content (AvgIpc) is 3.32. The third-order valence-electron chi connectivity index (χ3n) is 6.32. The molecule has 0 saturated carbocycles. The number of ether oxygens (including phenoxy) is 1. The molecule has 3 aromatic rings. The van der Waals surface area contributed by atoms with Crippen LogP contribution in [0.25, 0.3) is 11.3 Å². The number of aryl methyl sites for hydroxylation is 2. The minimum atomic E-state index is -0.223. The number of likely N-dealkylation sites (tertiary alicyclic amines) is 1. The zero-order chi connectivity index (χ0) is 22.5. The number of nitrogens with one attached hydrogen (secondary N) is 1. The molecule has 168 valence electrons. The van der Waals surface area contributed by atoms with E-state index in [4.69, 9.17) is 9.26 Å². The van der Waals surface area contributed by atoms with Gasteiger partial charge in [-0.15, -0.1) is 0 Å². The minimum absolute atomic E-state index is 0.108. The Morgan fingerprint density at radius 2 is 1.81 bits per heavy atom. The van der Waals surface area contributed by atoms with Crippen molar-refractivity contribution >= 4 is 5.91 Å². The number of benzene rings is 2. The number of methoxy groups -OCH3 is 1. The van der Waals surface area contributed by atoms with Crippen molar-refractivity contribution in [2.75, 3.05) is 26.7 Å². The van der Waals surface area contributed by atoms with Gasteiger partial charge in [0.2, 0.25) is 0 Å². The molecule has 0 radical (unpaired) electrons. The highest BCUT2D eigenvalue weighted by Crippen LogP contribution is 2.26. The highest BCUT2D eigenvalue weighted by Gasteiger charge is 2.24. The van der Waals surface area contributed by atoms with Gasteiger partial charge in [0.25, 0.3) is 5.91 Å². The number of rotatable bonds is 7. The summed E-state index contributed by atoms with van der Waals surface area (Å²) in [6.07, 6.45) is 3.63. The number of carbonyl (C=O) groups excluding carboxylic acids is 1. The summed E-state index contributed by atoms with van der Waals surface area (Å²) < 4.78 is 10.8. The Labute approximate surface area is 189 Å². The maximum absolute atomic E-state index is 12.9. The molecule has 1 saturated heterocycles. The van der Waals surface area contributed by atoms with Crippen molar-refractivity contribution in [2.24, 2.45) is 0 Å². The molecular weight excluding hydrogens is 402 g/mol. The summed E-state index contributed by atoms with van der Waals surface area (Å²) in [5, 5.41) is 7.09. The molecule has 1 atom stereocenters. The van der Waals surface area contributed by atoms with E-state index in [-0.39, 0.29) is 11.9 Å². The summed E-state index contributed by atoms with van der Waals surface area (Å²) in [6, 6.07) is 16.0.